The first-order chi connectivity index (χ1) is 9.92. The van der Waals surface area contributed by atoms with Crippen LogP contribution >= 0.6 is 31.9 Å². The molecule has 0 radical (unpaired) electrons. The van der Waals surface area contributed by atoms with E-state index in [1.54, 1.807) is 25.1 Å². The van der Waals surface area contributed by atoms with Gasteiger partial charge in [-0.15, -0.1) is 0 Å². The zero-order valence-corrected chi connectivity index (χ0v) is 14.5. The molecule has 0 unspecified atom stereocenters. The van der Waals surface area contributed by atoms with Crippen LogP contribution in [0.25, 0.3) is 0 Å². The number of anilines is 1. The van der Waals surface area contributed by atoms with Gasteiger partial charge < -0.3 is 10.1 Å². The van der Waals surface area contributed by atoms with Crippen molar-refractivity contribution >= 4 is 43.5 Å². The molecule has 2 aromatic carbocycles. The summed E-state index contributed by atoms with van der Waals surface area (Å²) in [5.41, 5.74) is 1.63. The van der Waals surface area contributed by atoms with Crippen molar-refractivity contribution in [3.05, 3.63) is 56.2 Å². The second-order valence-electron chi connectivity index (χ2n) is 4.38. The third kappa shape index (κ3) is 3.63. The third-order valence-electron chi connectivity index (χ3n) is 2.93. The standard InChI is InChI=1S/C15H12Br2FNO2/c1-8-5-13(18)12(17)7-14(8)19-15(20)10-6-9(21-2)3-4-11(10)16/h3-7H,1-2H3,(H,19,20). The maximum Gasteiger partial charge on any atom is 0.256 e. The number of carbonyl (C=O) groups is 1. The number of aryl methyl sites for hydroxylation is 1. The summed E-state index contributed by atoms with van der Waals surface area (Å²) < 4.78 is 19.5. The third-order valence-corrected chi connectivity index (χ3v) is 4.23. The first kappa shape index (κ1) is 16.0. The number of rotatable bonds is 3. The summed E-state index contributed by atoms with van der Waals surface area (Å²) >= 11 is 6.44. The minimum absolute atomic E-state index is 0.299. The molecular weight excluding hydrogens is 405 g/mol. The smallest absolute Gasteiger partial charge is 0.256 e. The van der Waals surface area contributed by atoms with Gasteiger partial charge in [0.15, 0.2) is 0 Å². The fraction of sp³-hybridized carbons (Fsp3) is 0.133. The van der Waals surface area contributed by atoms with E-state index in [-0.39, 0.29) is 11.7 Å². The lowest BCUT2D eigenvalue weighted by atomic mass is 10.1. The van der Waals surface area contributed by atoms with Crippen molar-refractivity contribution < 1.29 is 13.9 Å². The summed E-state index contributed by atoms with van der Waals surface area (Å²) in [4.78, 5) is 12.3. The summed E-state index contributed by atoms with van der Waals surface area (Å²) in [5, 5.41) is 2.77. The van der Waals surface area contributed by atoms with Crippen LogP contribution < -0.4 is 10.1 Å². The van der Waals surface area contributed by atoms with Crippen molar-refractivity contribution in [1.29, 1.82) is 0 Å². The number of hydrogen-bond acceptors (Lipinski definition) is 2. The Morgan fingerprint density at radius 1 is 1.19 bits per heavy atom. The van der Waals surface area contributed by atoms with Crippen molar-refractivity contribution in [1.82, 2.24) is 0 Å². The molecule has 0 aliphatic rings. The molecule has 0 aliphatic carbocycles. The molecule has 0 heterocycles. The summed E-state index contributed by atoms with van der Waals surface area (Å²) in [5.74, 6) is -0.0872. The lowest BCUT2D eigenvalue weighted by Gasteiger charge is -2.11. The SMILES string of the molecule is COc1ccc(Br)c(C(=O)Nc2cc(Br)c(F)cc2C)c1. The van der Waals surface area contributed by atoms with E-state index in [1.165, 1.54) is 19.2 Å². The largest absolute Gasteiger partial charge is 0.497 e. The van der Waals surface area contributed by atoms with Gasteiger partial charge >= 0.3 is 0 Å². The van der Waals surface area contributed by atoms with Crippen LogP contribution in [0.15, 0.2) is 39.3 Å². The van der Waals surface area contributed by atoms with Gasteiger partial charge in [-0.25, -0.2) is 4.39 Å². The van der Waals surface area contributed by atoms with Gasteiger partial charge in [0.1, 0.15) is 11.6 Å². The Labute approximate surface area is 138 Å². The maximum absolute atomic E-state index is 13.4. The second-order valence-corrected chi connectivity index (χ2v) is 6.09. The summed E-state index contributed by atoms with van der Waals surface area (Å²) in [6, 6.07) is 8.02. The Hall–Kier alpha value is -1.40. The van der Waals surface area contributed by atoms with Crippen molar-refractivity contribution in [3.8, 4) is 5.75 Å². The van der Waals surface area contributed by atoms with Gasteiger partial charge in [0, 0.05) is 10.2 Å². The number of ether oxygens (including phenoxy) is 1. The lowest BCUT2D eigenvalue weighted by molar-refractivity contribution is 0.102. The van der Waals surface area contributed by atoms with Crippen LogP contribution in [-0.4, -0.2) is 13.0 Å². The molecule has 0 spiro atoms. The van der Waals surface area contributed by atoms with E-state index in [9.17, 15) is 9.18 Å². The van der Waals surface area contributed by atoms with Gasteiger partial charge in [0.05, 0.1) is 17.1 Å². The molecule has 0 atom stereocenters. The Bertz CT molecular complexity index is 704. The minimum atomic E-state index is -0.368. The van der Waals surface area contributed by atoms with Crippen LogP contribution in [0, 0.1) is 12.7 Å². The van der Waals surface area contributed by atoms with Crippen molar-refractivity contribution in [2.45, 2.75) is 6.92 Å². The Kier molecular flexibility index (Phi) is 5.00. The van der Waals surface area contributed by atoms with Gasteiger partial charge in [-0.1, -0.05) is 0 Å². The van der Waals surface area contributed by atoms with E-state index < -0.39 is 0 Å². The monoisotopic (exact) mass is 415 g/mol. The average molecular weight is 417 g/mol. The number of carbonyl (C=O) groups excluding carboxylic acids is 1. The van der Waals surface area contributed by atoms with E-state index in [2.05, 4.69) is 37.2 Å². The molecule has 0 aliphatic heterocycles. The summed E-state index contributed by atoms with van der Waals surface area (Å²) in [7, 11) is 1.53. The summed E-state index contributed by atoms with van der Waals surface area (Å²) in [6.07, 6.45) is 0. The highest BCUT2D eigenvalue weighted by atomic mass is 79.9. The molecule has 0 bridgehead atoms. The number of methoxy groups -OCH3 is 1. The molecule has 2 aromatic rings. The quantitative estimate of drug-likeness (QED) is 0.771. The number of amides is 1. The topological polar surface area (TPSA) is 38.3 Å². The van der Waals surface area contributed by atoms with Crippen molar-refractivity contribution in [3.63, 3.8) is 0 Å². The van der Waals surface area contributed by atoms with E-state index in [4.69, 9.17) is 4.74 Å². The Morgan fingerprint density at radius 3 is 2.57 bits per heavy atom. The lowest BCUT2D eigenvalue weighted by Crippen LogP contribution is -2.13. The van der Waals surface area contributed by atoms with E-state index in [0.717, 1.165) is 0 Å². The average Bonchev–Trinajstić information content (AvgIpc) is 2.45. The second kappa shape index (κ2) is 6.58. The first-order valence-electron chi connectivity index (χ1n) is 6.03. The fourth-order valence-corrected chi connectivity index (χ4v) is 2.55. The van der Waals surface area contributed by atoms with E-state index >= 15 is 0 Å². The van der Waals surface area contributed by atoms with Crippen LogP contribution in [0.1, 0.15) is 15.9 Å². The molecule has 0 aromatic heterocycles. The zero-order chi connectivity index (χ0) is 15.6. The molecule has 1 N–H and O–H groups in total. The highest BCUT2D eigenvalue weighted by Crippen LogP contribution is 2.27. The predicted molar refractivity (Wildman–Crippen MR) is 87.5 cm³/mol. The van der Waals surface area contributed by atoms with Gasteiger partial charge in [0.25, 0.3) is 5.91 Å². The predicted octanol–water partition coefficient (Wildman–Crippen LogP) is 4.92. The molecule has 1 amide bonds. The Morgan fingerprint density at radius 2 is 1.90 bits per heavy atom. The van der Waals surface area contributed by atoms with E-state index in [0.29, 0.717) is 31.5 Å². The summed E-state index contributed by atoms with van der Waals surface area (Å²) in [6.45, 7) is 1.73. The number of nitrogens with one attached hydrogen (secondary N) is 1. The molecule has 110 valence electrons. The van der Waals surface area contributed by atoms with Crippen LogP contribution in [0.3, 0.4) is 0 Å². The molecule has 0 saturated carbocycles. The number of benzene rings is 2. The molecule has 0 fully saturated rings. The van der Waals surface area contributed by atoms with Crippen molar-refractivity contribution in [2.75, 3.05) is 12.4 Å². The maximum atomic E-state index is 13.4. The van der Waals surface area contributed by atoms with Crippen LogP contribution in [-0.2, 0) is 0 Å². The van der Waals surface area contributed by atoms with Crippen LogP contribution in [0.5, 0.6) is 5.75 Å². The molecule has 6 heteroatoms. The Balaban J connectivity index is 2.32. The first-order valence-corrected chi connectivity index (χ1v) is 7.61. The van der Waals surface area contributed by atoms with E-state index in [1.807, 2.05) is 0 Å². The number of halogens is 3. The normalized spacial score (nSPS) is 10.3. The van der Waals surface area contributed by atoms with Gasteiger partial charge in [-0.3, -0.25) is 4.79 Å². The van der Waals surface area contributed by atoms with Gasteiger partial charge in [-0.2, -0.15) is 0 Å². The van der Waals surface area contributed by atoms with Crippen molar-refractivity contribution in [2.24, 2.45) is 0 Å². The molecule has 21 heavy (non-hydrogen) atoms. The van der Waals surface area contributed by atoms with Crippen LogP contribution in [0.2, 0.25) is 0 Å². The zero-order valence-electron chi connectivity index (χ0n) is 11.3. The highest BCUT2D eigenvalue weighted by Gasteiger charge is 2.14. The molecular formula is C15H12Br2FNO2. The molecule has 0 saturated heterocycles. The molecule has 3 nitrogen and oxygen atoms in total. The van der Waals surface area contributed by atoms with Crippen LogP contribution in [0.4, 0.5) is 10.1 Å². The number of hydrogen-bond donors (Lipinski definition) is 1. The van der Waals surface area contributed by atoms with Gasteiger partial charge in [0.2, 0.25) is 0 Å². The fourth-order valence-electron chi connectivity index (χ4n) is 1.78. The van der Waals surface area contributed by atoms with Gasteiger partial charge in [-0.05, 0) is 74.7 Å². The highest BCUT2D eigenvalue weighted by molar-refractivity contribution is 9.10. The minimum Gasteiger partial charge on any atom is -0.497 e. The molecule has 2 rings (SSSR count).